The van der Waals surface area contributed by atoms with E-state index in [1.165, 1.54) is 0 Å². The van der Waals surface area contributed by atoms with Gasteiger partial charge in [-0.3, -0.25) is 4.98 Å². The molecule has 0 aliphatic heterocycles. The maximum atomic E-state index is 9.36. The van der Waals surface area contributed by atoms with Gasteiger partial charge in [0.1, 0.15) is 0 Å². The minimum atomic E-state index is -0.729. The molecule has 0 aliphatic carbocycles. The first-order chi connectivity index (χ1) is 7.61. The van der Waals surface area contributed by atoms with Crippen molar-refractivity contribution in [3.63, 3.8) is 0 Å². The maximum Gasteiger partial charge on any atom is 0.0578 e. The monoisotopic (exact) mass is 225 g/mol. The molecule has 0 amide bonds. The number of nitrogens with two attached hydrogens (primary N) is 2. The summed E-state index contributed by atoms with van der Waals surface area (Å²) < 4.78 is 0. The molecule has 16 heavy (non-hydrogen) atoms. The van der Waals surface area contributed by atoms with Gasteiger partial charge in [0.25, 0.3) is 0 Å². The number of hydrogen-bond acceptors (Lipinski definition) is 5. The number of hydrogen-bond donors (Lipinski definition) is 4. The standard InChI is InChI=1S/C11H19N3O2/c1-11(6-15,7-16)9-2-8(3-12)5-14-10(9)4-13/h2,5,15-16H,3-4,6-7,12-13H2,1H3. The first-order valence-corrected chi connectivity index (χ1v) is 5.21. The van der Waals surface area contributed by atoms with Crippen LogP contribution in [0.1, 0.15) is 23.7 Å². The van der Waals surface area contributed by atoms with Gasteiger partial charge >= 0.3 is 0 Å². The van der Waals surface area contributed by atoms with Crippen molar-refractivity contribution in [3.8, 4) is 0 Å². The van der Waals surface area contributed by atoms with Crippen molar-refractivity contribution in [2.75, 3.05) is 13.2 Å². The molecule has 0 unspecified atom stereocenters. The average molecular weight is 225 g/mol. The molecule has 1 aromatic heterocycles. The molecule has 1 rings (SSSR count). The number of aliphatic hydroxyl groups excluding tert-OH is 2. The van der Waals surface area contributed by atoms with Crippen LogP contribution in [-0.4, -0.2) is 28.4 Å². The fourth-order valence-corrected chi connectivity index (χ4v) is 1.55. The van der Waals surface area contributed by atoms with Gasteiger partial charge in [0, 0.05) is 24.7 Å². The summed E-state index contributed by atoms with van der Waals surface area (Å²) in [5.41, 5.74) is 12.7. The average Bonchev–Trinajstić information content (AvgIpc) is 2.37. The topological polar surface area (TPSA) is 105 Å². The summed E-state index contributed by atoms with van der Waals surface area (Å²) in [5.74, 6) is 0. The van der Waals surface area contributed by atoms with Crippen LogP contribution in [0.5, 0.6) is 0 Å². The van der Waals surface area contributed by atoms with Crippen molar-refractivity contribution in [1.29, 1.82) is 0 Å². The first kappa shape index (κ1) is 13.1. The van der Waals surface area contributed by atoms with Crippen molar-refractivity contribution in [2.24, 2.45) is 11.5 Å². The summed E-state index contributed by atoms with van der Waals surface area (Å²) in [7, 11) is 0. The zero-order valence-electron chi connectivity index (χ0n) is 9.48. The minimum Gasteiger partial charge on any atom is -0.395 e. The van der Waals surface area contributed by atoms with Crippen molar-refractivity contribution < 1.29 is 10.2 Å². The van der Waals surface area contributed by atoms with Gasteiger partial charge in [-0.25, -0.2) is 0 Å². The van der Waals surface area contributed by atoms with Crippen molar-refractivity contribution in [1.82, 2.24) is 4.98 Å². The quantitative estimate of drug-likeness (QED) is 0.527. The Morgan fingerprint density at radius 1 is 1.25 bits per heavy atom. The molecule has 0 atom stereocenters. The van der Waals surface area contributed by atoms with Crippen LogP contribution in [0.15, 0.2) is 12.3 Å². The Kier molecular flexibility index (Phi) is 4.37. The molecular weight excluding hydrogens is 206 g/mol. The zero-order valence-corrected chi connectivity index (χ0v) is 9.48. The van der Waals surface area contributed by atoms with Gasteiger partial charge in [0.15, 0.2) is 0 Å². The van der Waals surface area contributed by atoms with E-state index in [4.69, 9.17) is 11.5 Å². The van der Waals surface area contributed by atoms with Crippen LogP contribution in [0.2, 0.25) is 0 Å². The highest BCUT2D eigenvalue weighted by atomic mass is 16.3. The molecule has 90 valence electrons. The molecular formula is C11H19N3O2. The van der Waals surface area contributed by atoms with Gasteiger partial charge in [0.05, 0.1) is 18.9 Å². The van der Waals surface area contributed by atoms with E-state index in [1.54, 1.807) is 13.1 Å². The normalized spacial score (nSPS) is 11.8. The molecule has 6 N–H and O–H groups in total. The first-order valence-electron chi connectivity index (χ1n) is 5.21. The SMILES string of the molecule is CC(CO)(CO)c1cc(CN)cnc1CN. The van der Waals surface area contributed by atoms with Gasteiger partial charge < -0.3 is 21.7 Å². The van der Waals surface area contributed by atoms with Crippen molar-refractivity contribution in [3.05, 3.63) is 29.1 Å². The number of aromatic nitrogens is 1. The number of pyridine rings is 1. The lowest BCUT2D eigenvalue weighted by atomic mass is 9.82. The van der Waals surface area contributed by atoms with E-state index in [0.29, 0.717) is 12.2 Å². The molecule has 0 fully saturated rings. The fourth-order valence-electron chi connectivity index (χ4n) is 1.55. The molecule has 1 aromatic rings. The smallest absolute Gasteiger partial charge is 0.0578 e. The molecule has 5 nitrogen and oxygen atoms in total. The summed E-state index contributed by atoms with van der Waals surface area (Å²) in [5, 5.41) is 18.7. The van der Waals surface area contributed by atoms with Crippen LogP contribution in [0.4, 0.5) is 0 Å². The Bertz CT molecular complexity index is 351. The van der Waals surface area contributed by atoms with Gasteiger partial charge in [-0.1, -0.05) is 13.0 Å². The highest BCUT2D eigenvalue weighted by Crippen LogP contribution is 2.25. The van der Waals surface area contributed by atoms with Crippen LogP contribution in [0.25, 0.3) is 0 Å². The zero-order chi connectivity index (χ0) is 12.2. The van der Waals surface area contributed by atoms with E-state index < -0.39 is 5.41 Å². The Morgan fingerprint density at radius 3 is 2.31 bits per heavy atom. The Labute approximate surface area is 95.1 Å². The molecule has 0 spiro atoms. The van der Waals surface area contributed by atoms with E-state index in [0.717, 1.165) is 11.1 Å². The van der Waals surface area contributed by atoms with Crippen LogP contribution in [0, 0.1) is 0 Å². The lowest BCUT2D eigenvalue weighted by Crippen LogP contribution is -2.33. The largest absolute Gasteiger partial charge is 0.395 e. The Balaban J connectivity index is 3.27. The van der Waals surface area contributed by atoms with Gasteiger partial charge in [0.2, 0.25) is 0 Å². The third-order valence-corrected chi connectivity index (χ3v) is 2.80. The third kappa shape index (κ3) is 2.38. The summed E-state index contributed by atoms with van der Waals surface area (Å²) in [4.78, 5) is 4.20. The van der Waals surface area contributed by atoms with E-state index in [-0.39, 0.29) is 19.8 Å². The minimum absolute atomic E-state index is 0.161. The van der Waals surface area contributed by atoms with E-state index >= 15 is 0 Å². The number of rotatable bonds is 5. The van der Waals surface area contributed by atoms with Crippen molar-refractivity contribution >= 4 is 0 Å². The van der Waals surface area contributed by atoms with E-state index in [1.807, 2.05) is 6.07 Å². The molecule has 0 saturated carbocycles. The molecule has 0 radical (unpaired) electrons. The van der Waals surface area contributed by atoms with Gasteiger partial charge in [-0.2, -0.15) is 0 Å². The molecule has 0 aliphatic rings. The van der Waals surface area contributed by atoms with Crippen molar-refractivity contribution in [2.45, 2.75) is 25.4 Å². The van der Waals surface area contributed by atoms with E-state index in [2.05, 4.69) is 4.98 Å². The summed E-state index contributed by atoms with van der Waals surface area (Å²) in [6, 6.07) is 1.85. The second kappa shape index (κ2) is 5.36. The fraction of sp³-hybridized carbons (Fsp3) is 0.545. The van der Waals surface area contributed by atoms with Crippen LogP contribution < -0.4 is 11.5 Å². The van der Waals surface area contributed by atoms with Crippen LogP contribution >= 0.6 is 0 Å². The van der Waals surface area contributed by atoms with Crippen LogP contribution in [-0.2, 0) is 18.5 Å². The lowest BCUT2D eigenvalue weighted by molar-refractivity contribution is 0.128. The van der Waals surface area contributed by atoms with Gasteiger partial charge in [-0.15, -0.1) is 0 Å². The maximum absolute atomic E-state index is 9.36. The third-order valence-electron chi connectivity index (χ3n) is 2.80. The second-order valence-electron chi connectivity index (χ2n) is 4.12. The van der Waals surface area contributed by atoms with E-state index in [9.17, 15) is 10.2 Å². The molecule has 1 heterocycles. The predicted molar refractivity (Wildman–Crippen MR) is 61.5 cm³/mol. The van der Waals surface area contributed by atoms with Crippen LogP contribution in [0.3, 0.4) is 0 Å². The van der Waals surface area contributed by atoms with Gasteiger partial charge in [-0.05, 0) is 11.1 Å². The highest BCUT2D eigenvalue weighted by Gasteiger charge is 2.28. The summed E-state index contributed by atoms with van der Waals surface area (Å²) in [6.45, 7) is 2.09. The molecule has 0 saturated heterocycles. The Morgan fingerprint density at radius 2 is 1.88 bits per heavy atom. The highest BCUT2D eigenvalue weighted by molar-refractivity contribution is 5.32. The summed E-state index contributed by atoms with van der Waals surface area (Å²) >= 11 is 0. The lowest BCUT2D eigenvalue weighted by Gasteiger charge is -2.27. The second-order valence-corrected chi connectivity index (χ2v) is 4.12. The number of aliphatic hydroxyl groups is 2. The number of nitrogens with zero attached hydrogens (tertiary/aromatic N) is 1. The molecule has 0 aromatic carbocycles. The predicted octanol–water partition coefficient (Wildman–Crippen LogP) is -0.759. The summed E-state index contributed by atoms with van der Waals surface area (Å²) in [6.07, 6.45) is 1.67. The Hall–Kier alpha value is -1.01. The molecule has 5 heteroatoms. The molecule has 0 bridgehead atoms.